The molecule has 7 nitrogen and oxygen atoms in total. The first-order chi connectivity index (χ1) is 14.4. The minimum Gasteiger partial charge on any atom is -0.481 e. The van der Waals surface area contributed by atoms with E-state index in [4.69, 9.17) is 10.2 Å². The Bertz CT molecular complexity index is 506. The van der Waals surface area contributed by atoms with Gasteiger partial charge in [-0.25, -0.2) is 4.79 Å². The minimum absolute atomic E-state index is 0.00578. The number of hydrogen-bond acceptors (Lipinski definition) is 4. The molecule has 0 aliphatic carbocycles. The Balaban J connectivity index is 3.54. The Morgan fingerprint density at radius 3 is 1.50 bits per heavy atom. The largest absolute Gasteiger partial charge is 0.481 e. The van der Waals surface area contributed by atoms with Gasteiger partial charge >= 0.3 is 11.9 Å². The van der Waals surface area contributed by atoms with Crippen molar-refractivity contribution in [2.75, 3.05) is 0 Å². The number of carboxylic acids is 2. The number of carbonyl (C=O) groups is 4. The van der Waals surface area contributed by atoms with Crippen molar-refractivity contribution in [1.82, 2.24) is 5.32 Å². The second-order valence-electron chi connectivity index (χ2n) is 8.03. The van der Waals surface area contributed by atoms with Crippen molar-refractivity contribution < 1.29 is 29.4 Å². The van der Waals surface area contributed by atoms with Crippen LogP contribution in [-0.4, -0.2) is 39.9 Å². The number of unbranched alkanes of at least 4 members (excludes halogenated alkanes) is 11. The third kappa shape index (κ3) is 18.1. The number of nitrogens with one attached hydrogen (secondary N) is 1. The molecule has 30 heavy (non-hydrogen) atoms. The lowest BCUT2D eigenvalue weighted by Crippen LogP contribution is -2.41. The number of aliphatic carboxylic acids is 2. The Morgan fingerprint density at radius 1 is 0.667 bits per heavy atom. The van der Waals surface area contributed by atoms with Crippen molar-refractivity contribution in [2.24, 2.45) is 0 Å². The van der Waals surface area contributed by atoms with Crippen LogP contribution in [0.4, 0.5) is 0 Å². The summed E-state index contributed by atoms with van der Waals surface area (Å²) < 4.78 is 0. The number of ketones is 1. The summed E-state index contributed by atoms with van der Waals surface area (Å²) >= 11 is 0. The van der Waals surface area contributed by atoms with Gasteiger partial charge in [0.05, 0.1) is 0 Å². The van der Waals surface area contributed by atoms with E-state index >= 15 is 0 Å². The van der Waals surface area contributed by atoms with Gasteiger partial charge in [-0.2, -0.15) is 0 Å². The molecule has 0 saturated heterocycles. The molecule has 0 aromatic carbocycles. The van der Waals surface area contributed by atoms with Crippen LogP contribution in [0.15, 0.2) is 0 Å². The number of rotatable bonds is 21. The van der Waals surface area contributed by atoms with Gasteiger partial charge in [0, 0.05) is 25.7 Å². The van der Waals surface area contributed by atoms with Crippen LogP contribution in [0, 0.1) is 0 Å². The summed E-state index contributed by atoms with van der Waals surface area (Å²) in [7, 11) is 0. The van der Waals surface area contributed by atoms with Gasteiger partial charge in [0.2, 0.25) is 5.91 Å². The third-order valence-electron chi connectivity index (χ3n) is 5.28. The maximum Gasteiger partial charge on any atom is 0.326 e. The summed E-state index contributed by atoms with van der Waals surface area (Å²) in [4.78, 5) is 44.9. The molecule has 0 aromatic rings. The molecule has 3 N–H and O–H groups in total. The molecule has 0 unspecified atom stereocenters. The van der Waals surface area contributed by atoms with Gasteiger partial charge in [0.25, 0.3) is 0 Å². The summed E-state index contributed by atoms with van der Waals surface area (Å²) in [5, 5.41) is 20.3. The van der Waals surface area contributed by atoms with Gasteiger partial charge < -0.3 is 15.5 Å². The molecule has 174 valence electrons. The van der Waals surface area contributed by atoms with E-state index in [0.717, 1.165) is 44.9 Å². The number of carbonyl (C=O) groups excluding carboxylic acids is 2. The minimum atomic E-state index is -1.09. The second kappa shape index (κ2) is 19.1. The zero-order chi connectivity index (χ0) is 22.6. The highest BCUT2D eigenvalue weighted by atomic mass is 16.4. The molecule has 1 amide bonds. The smallest absolute Gasteiger partial charge is 0.326 e. The molecule has 1 atom stereocenters. The topological polar surface area (TPSA) is 121 Å². The first-order valence-electron chi connectivity index (χ1n) is 11.6. The van der Waals surface area contributed by atoms with Crippen LogP contribution in [-0.2, 0) is 19.2 Å². The number of carboxylic acid groups (broad SMARTS) is 2. The molecular formula is C23H41NO6. The Hall–Kier alpha value is -1.92. The van der Waals surface area contributed by atoms with E-state index in [9.17, 15) is 19.2 Å². The maximum atomic E-state index is 11.9. The Morgan fingerprint density at radius 2 is 1.10 bits per heavy atom. The first kappa shape index (κ1) is 28.1. The fourth-order valence-corrected chi connectivity index (χ4v) is 3.34. The van der Waals surface area contributed by atoms with Crippen LogP contribution >= 0.6 is 0 Å². The van der Waals surface area contributed by atoms with Crippen LogP contribution in [0.1, 0.15) is 116 Å². The van der Waals surface area contributed by atoms with E-state index in [2.05, 4.69) is 5.32 Å². The highest BCUT2D eigenvalue weighted by Crippen LogP contribution is 2.13. The predicted molar refractivity (Wildman–Crippen MR) is 116 cm³/mol. The van der Waals surface area contributed by atoms with Gasteiger partial charge in [-0.15, -0.1) is 0 Å². The van der Waals surface area contributed by atoms with Crippen molar-refractivity contribution >= 4 is 23.6 Å². The molecule has 0 radical (unpaired) electrons. The third-order valence-corrected chi connectivity index (χ3v) is 5.28. The SMILES string of the molecule is CCC(=O)CC[C@H](NC(=O)CCCCCCCCCCCCCCC(=O)O)C(=O)O. The highest BCUT2D eigenvalue weighted by Gasteiger charge is 2.20. The van der Waals surface area contributed by atoms with E-state index in [1.54, 1.807) is 6.92 Å². The standard InChI is InChI=1S/C23H41NO6/c1-2-19(25)17-18-20(23(29)30)24-21(26)15-13-11-9-7-5-3-4-6-8-10-12-14-16-22(27)28/h20H,2-18H2,1H3,(H,24,26)(H,27,28)(H,29,30)/t20-/m0/s1. The maximum absolute atomic E-state index is 11.9. The molecule has 0 heterocycles. The molecule has 0 aromatic heterocycles. The molecule has 0 aliphatic rings. The normalized spacial score (nSPS) is 11.8. The molecule has 0 fully saturated rings. The van der Waals surface area contributed by atoms with E-state index < -0.39 is 18.0 Å². The molecule has 0 aliphatic heterocycles. The van der Waals surface area contributed by atoms with Crippen LogP contribution in [0.3, 0.4) is 0 Å². The summed E-state index contributed by atoms with van der Waals surface area (Å²) in [5.41, 5.74) is 0. The molecule has 7 heteroatoms. The number of amides is 1. The molecular weight excluding hydrogens is 386 g/mol. The fraction of sp³-hybridized carbons (Fsp3) is 0.826. The summed E-state index contributed by atoms with van der Waals surface area (Å²) in [5.74, 6) is -2.05. The van der Waals surface area contributed by atoms with E-state index in [0.29, 0.717) is 12.8 Å². The lowest BCUT2D eigenvalue weighted by atomic mass is 10.0. The van der Waals surface area contributed by atoms with Gasteiger partial charge in [0.15, 0.2) is 0 Å². The first-order valence-corrected chi connectivity index (χ1v) is 11.6. The molecule has 0 bridgehead atoms. The van der Waals surface area contributed by atoms with E-state index in [-0.39, 0.29) is 31.0 Å². The Kier molecular flexibility index (Phi) is 17.8. The van der Waals surface area contributed by atoms with Crippen LogP contribution in [0.25, 0.3) is 0 Å². The van der Waals surface area contributed by atoms with Crippen LogP contribution < -0.4 is 5.32 Å². The van der Waals surface area contributed by atoms with Gasteiger partial charge in [-0.05, 0) is 19.3 Å². The number of Topliss-reactive ketones (excluding diaryl/α,β-unsaturated/α-hetero) is 1. The van der Waals surface area contributed by atoms with E-state index in [1.807, 2.05) is 0 Å². The summed E-state index contributed by atoms with van der Waals surface area (Å²) in [6.07, 6.45) is 14.2. The molecule has 0 saturated carbocycles. The van der Waals surface area contributed by atoms with Crippen molar-refractivity contribution in [3.63, 3.8) is 0 Å². The lowest BCUT2D eigenvalue weighted by Gasteiger charge is -2.14. The van der Waals surface area contributed by atoms with Crippen molar-refractivity contribution in [3.8, 4) is 0 Å². The molecule has 0 rings (SSSR count). The van der Waals surface area contributed by atoms with E-state index in [1.165, 1.54) is 32.1 Å². The summed E-state index contributed by atoms with van der Waals surface area (Å²) in [6.45, 7) is 1.74. The zero-order valence-corrected chi connectivity index (χ0v) is 18.6. The van der Waals surface area contributed by atoms with Gasteiger partial charge in [-0.1, -0.05) is 71.1 Å². The average molecular weight is 428 g/mol. The van der Waals surface area contributed by atoms with Crippen molar-refractivity contribution in [3.05, 3.63) is 0 Å². The number of hydrogen-bond donors (Lipinski definition) is 3. The summed E-state index contributed by atoms with van der Waals surface area (Å²) in [6, 6.07) is -0.981. The van der Waals surface area contributed by atoms with Crippen LogP contribution in [0.2, 0.25) is 0 Å². The van der Waals surface area contributed by atoms with Crippen molar-refractivity contribution in [1.29, 1.82) is 0 Å². The average Bonchev–Trinajstić information content (AvgIpc) is 2.70. The Labute approximate surface area is 181 Å². The highest BCUT2D eigenvalue weighted by molar-refractivity contribution is 5.84. The van der Waals surface area contributed by atoms with Crippen LogP contribution in [0.5, 0.6) is 0 Å². The fourth-order valence-electron chi connectivity index (χ4n) is 3.34. The van der Waals surface area contributed by atoms with Crippen molar-refractivity contribution in [2.45, 2.75) is 122 Å². The monoisotopic (exact) mass is 427 g/mol. The molecule has 0 spiro atoms. The van der Waals surface area contributed by atoms with Gasteiger partial charge in [0.1, 0.15) is 11.8 Å². The second-order valence-corrected chi connectivity index (χ2v) is 8.03. The predicted octanol–water partition coefficient (Wildman–Crippen LogP) is 4.86. The van der Waals surface area contributed by atoms with Gasteiger partial charge in [-0.3, -0.25) is 14.4 Å². The quantitative estimate of drug-likeness (QED) is 0.225. The zero-order valence-electron chi connectivity index (χ0n) is 18.6. The lowest BCUT2D eigenvalue weighted by molar-refractivity contribution is -0.142.